The smallest absolute Gasteiger partial charge is 0.00891 e. The van der Waals surface area contributed by atoms with Crippen molar-refractivity contribution in [1.82, 2.24) is 5.32 Å². The van der Waals surface area contributed by atoms with E-state index in [2.05, 4.69) is 36.7 Å². The first-order valence-electron chi connectivity index (χ1n) is 5.72. The highest BCUT2D eigenvalue weighted by molar-refractivity contribution is 7.10. The van der Waals surface area contributed by atoms with Gasteiger partial charge in [-0.1, -0.05) is 6.08 Å². The summed E-state index contributed by atoms with van der Waals surface area (Å²) in [5, 5.41) is 5.70. The highest BCUT2D eigenvalue weighted by atomic mass is 32.1. The van der Waals surface area contributed by atoms with Crippen molar-refractivity contribution in [1.29, 1.82) is 0 Å². The molecule has 1 saturated carbocycles. The fourth-order valence-corrected chi connectivity index (χ4v) is 2.53. The van der Waals surface area contributed by atoms with Gasteiger partial charge < -0.3 is 5.32 Å². The van der Waals surface area contributed by atoms with Crippen molar-refractivity contribution in [2.24, 2.45) is 0 Å². The Hall–Kier alpha value is -0.600. The van der Waals surface area contributed by atoms with Gasteiger partial charge in [-0.3, -0.25) is 0 Å². The maximum Gasteiger partial charge on any atom is 0.00891 e. The quantitative estimate of drug-likeness (QED) is 0.749. The maximum atomic E-state index is 3.53. The van der Waals surface area contributed by atoms with Crippen LogP contribution < -0.4 is 5.32 Å². The van der Waals surface area contributed by atoms with E-state index < -0.39 is 0 Å². The zero-order valence-corrected chi connectivity index (χ0v) is 10.4. The Kier molecular flexibility index (Phi) is 3.60. The second-order valence-electron chi connectivity index (χ2n) is 4.29. The number of allylic oxidation sites excluding steroid dienone is 1. The van der Waals surface area contributed by atoms with E-state index in [0.29, 0.717) is 0 Å². The number of hydrogen-bond acceptors (Lipinski definition) is 2. The van der Waals surface area contributed by atoms with Crippen LogP contribution in [0, 0.1) is 6.92 Å². The minimum absolute atomic E-state index is 0.835. The average molecular weight is 221 g/mol. The summed E-state index contributed by atoms with van der Waals surface area (Å²) in [5.74, 6) is 0. The largest absolute Gasteiger partial charge is 0.314 e. The molecule has 1 fully saturated rings. The van der Waals surface area contributed by atoms with Gasteiger partial charge in [0, 0.05) is 10.9 Å². The van der Waals surface area contributed by atoms with Crippen LogP contribution in [0.2, 0.25) is 0 Å². The molecule has 1 aromatic rings. The lowest BCUT2D eigenvalue weighted by molar-refractivity contribution is 0.690. The number of rotatable bonds is 5. The SMILES string of the molecule is C/C(=C/CCNC1CC1)c1ccsc1C. The van der Waals surface area contributed by atoms with Crippen molar-refractivity contribution < 1.29 is 0 Å². The average Bonchev–Trinajstić information content (AvgIpc) is 2.94. The predicted molar refractivity (Wildman–Crippen MR) is 68.3 cm³/mol. The molecule has 15 heavy (non-hydrogen) atoms. The third kappa shape index (κ3) is 3.18. The molecular formula is C13H19NS. The number of nitrogens with one attached hydrogen (secondary N) is 1. The molecule has 0 radical (unpaired) electrons. The molecule has 1 N–H and O–H groups in total. The third-order valence-corrected chi connectivity index (χ3v) is 3.73. The fourth-order valence-electron chi connectivity index (χ4n) is 1.77. The van der Waals surface area contributed by atoms with Gasteiger partial charge in [-0.15, -0.1) is 11.3 Å². The van der Waals surface area contributed by atoms with Crippen LogP contribution in [0.15, 0.2) is 17.5 Å². The van der Waals surface area contributed by atoms with Crippen LogP contribution in [-0.2, 0) is 0 Å². The summed E-state index contributed by atoms with van der Waals surface area (Å²) in [5.41, 5.74) is 2.85. The Morgan fingerprint density at radius 3 is 3.00 bits per heavy atom. The van der Waals surface area contributed by atoms with Crippen LogP contribution in [-0.4, -0.2) is 12.6 Å². The Morgan fingerprint density at radius 1 is 1.60 bits per heavy atom. The highest BCUT2D eigenvalue weighted by Gasteiger charge is 2.19. The maximum absolute atomic E-state index is 3.53. The van der Waals surface area contributed by atoms with E-state index in [4.69, 9.17) is 0 Å². The lowest BCUT2D eigenvalue weighted by atomic mass is 10.1. The van der Waals surface area contributed by atoms with E-state index in [1.807, 2.05) is 11.3 Å². The van der Waals surface area contributed by atoms with Crippen LogP contribution in [0.1, 0.15) is 36.6 Å². The topological polar surface area (TPSA) is 12.0 Å². The highest BCUT2D eigenvalue weighted by Crippen LogP contribution is 2.23. The van der Waals surface area contributed by atoms with Crippen molar-refractivity contribution in [2.45, 2.75) is 39.2 Å². The predicted octanol–water partition coefficient (Wildman–Crippen LogP) is 3.60. The van der Waals surface area contributed by atoms with Gasteiger partial charge in [-0.2, -0.15) is 0 Å². The van der Waals surface area contributed by atoms with Crippen LogP contribution in [0.25, 0.3) is 5.57 Å². The molecule has 1 aromatic heterocycles. The van der Waals surface area contributed by atoms with E-state index in [0.717, 1.165) is 19.0 Å². The Balaban J connectivity index is 1.81. The monoisotopic (exact) mass is 221 g/mol. The van der Waals surface area contributed by atoms with Gasteiger partial charge in [0.05, 0.1) is 0 Å². The molecule has 82 valence electrons. The molecule has 0 amide bonds. The summed E-state index contributed by atoms with van der Waals surface area (Å²) < 4.78 is 0. The minimum Gasteiger partial charge on any atom is -0.314 e. The molecule has 0 atom stereocenters. The zero-order chi connectivity index (χ0) is 10.7. The van der Waals surface area contributed by atoms with E-state index in [1.54, 1.807) is 0 Å². The minimum atomic E-state index is 0.835. The molecule has 2 rings (SSSR count). The van der Waals surface area contributed by atoms with Crippen molar-refractivity contribution in [3.8, 4) is 0 Å². The Morgan fingerprint density at radius 2 is 2.40 bits per heavy atom. The Bertz CT molecular complexity index is 347. The van der Waals surface area contributed by atoms with Gasteiger partial charge in [0.25, 0.3) is 0 Å². The second kappa shape index (κ2) is 4.95. The first-order chi connectivity index (χ1) is 7.27. The molecule has 0 saturated heterocycles. The van der Waals surface area contributed by atoms with Crippen molar-refractivity contribution in [3.63, 3.8) is 0 Å². The zero-order valence-electron chi connectivity index (χ0n) is 9.55. The molecule has 0 unspecified atom stereocenters. The number of thiophene rings is 1. The van der Waals surface area contributed by atoms with E-state index in [1.165, 1.54) is 28.9 Å². The van der Waals surface area contributed by atoms with Gasteiger partial charge in [0.1, 0.15) is 0 Å². The molecule has 1 aliphatic rings. The summed E-state index contributed by atoms with van der Waals surface area (Å²) in [4.78, 5) is 1.43. The van der Waals surface area contributed by atoms with E-state index >= 15 is 0 Å². The standard InChI is InChI=1S/C13H19NS/c1-10(13-7-9-15-11(13)2)4-3-8-14-12-5-6-12/h4,7,9,12,14H,3,5-6,8H2,1-2H3/b10-4-. The molecule has 0 aliphatic heterocycles. The van der Waals surface area contributed by atoms with Crippen LogP contribution in [0.3, 0.4) is 0 Å². The van der Waals surface area contributed by atoms with Crippen LogP contribution >= 0.6 is 11.3 Å². The molecular weight excluding hydrogens is 202 g/mol. The summed E-state index contributed by atoms with van der Waals surface area (Å²) in [6.07, 6.45) is 6.26. The first kappa shape index (κ1) is 10.9. The fraction of sp³-hybridized carbons (Fsp3) is 0.538. The lowest BCUT2D eigenvalue weighted by Crippen LogP contribution is -2.16. The van der Waals surface area contributed by atoms with Gasteiger partial charge in [0.2, 0.25) is 0 Å². The van der Waals surface area contributed by atoms with Gasteiger partial charge in [-0.05, 0) is 62.2 Å². The molecule has 0 aromatic carbocycles. The van der Waals surface area contributed by atoms with Crippen LogP contribution in [0.4, 0.5) is 0 Å². The van der Waals surface area contributed by atoms with Crippen molar-refractivity contribution >= 4 is 16.9 Å². The van der Waals surface area contributed by atoms with Gasteiger partial charge in [0.15, 0.2) is 0 Å². The van der Waals surface area contributed by atoms with E-state index in [-0.39, 0.29) is 0 Å². The van der Waals surface area contributed by atoms with Gasteiger partial charge >= 0.3 is 0 Å². The molecule has 0 bridgehead atoms. The van der Waals surface area contributed by atoms with Crippen molar-refractivity contribution in [3.05, 3.63) is 28.0 Å². The third-order valence-electron chi connectivity index (χ3n) is 2.89. The van der Waals surface area contributed by atoms with E-state index in [9.17, 15) is 0 Å². The normalized spacial score (nSPS) is 17.1. The molecule has 1 aliphatic carbocycles. The lowest BCUT2D eigenvalue weighted by Gasteiger charge is -2.02. The number of aryl methyl sites for hydroxylation is 1. The van der Waals surface area contributed by atoms with Gasteiger partial charge in [-0.25, -0.2) is 0 Å². The van der Waals surface area contributed by atoms with Crippen LogP contribution in [0.5, 0.6) is 0 Å². The molecule has 0 spiro atoms. The summed E-state index contributed by atoms with van der Waals surface area (Å²) in [6.45, 7) is 5.54. The molecule has 1 nitrogen and oxygen atoms in total. The summed E-state index contributed by atoms with van der Waals surface area (Å²) in [6, 6.07) is 3.06. The summed E-state index contributed by atoms with van der Waals surface area (Å²) in [7, 11) is 0. The molecule has 2 heteroatoms. The first-order valence-corrected chi connectivity index (χ1v) is 6.60. The summed E-state index contributed by atoms with van der Waals surface area (Å²) >= 11 is 1.83. The number of hydrogen-bond donors (Lipinski definition) is 1. The Labute approximate surface area is 96.2 Å². The van der Waals surface area contributed by atoms with Crippen molar-refractivity contribution in [2.75, 3.05) is 6.54 Å². The molecule has 1 heterocycles. The second-order valence-corrected chi connectivity index (χ2v) is 5.41.